The molecule has 0 unspecified atom stereocenters. The van der Waals surface area contributed by atoms with Crippen LogP contribution in [0.2, 0.25) is 0 Å². The van der Waals surface area contributed by atoms with Gasteiger partial charge in [-0.3, -0.25) is 14.3 Å². The number of benzene rings is 1. The molecule has 1 atom stereocenters. The molecule has 0 aliphatic rings. The monoisotopic (exact) mass is 489 g/mol. The lowest BCUT2D eigenvalue weighted by Gasteiger charge is -2.15. The summed E-state index contributed by atoms with van der Waals surface area (Å²) in [4.78, 5) is 33.1. The molecule has 180 valence electrons. The number of carbonyl (C=O) groups excluding carboxylic acids is 2. The van der Waals surface area contributed by atoms with Crippen LogP contribution in [0.5, 0.6) is 0 Å². The molecule has 1 aromatic carbocycles. The number of para-hydroxylation sites is 1. The first-order valence-electron chi connectivity index (χ1n) is 11.3. The molecule has 35 heavy (non-hydrogen) atoms. The summed E-state index contributed by atoms with van der Waals surface area (Å²) in [5.74, 6) is 0.0815. The number of pyridine rings is 1. The number of thioether (sulfide) groups is 1. The minimum atomic E-state index is -0.490. The van der Waals surface area contributed by atoms with Gasteiger partial charge in [0.2, 0.25) is 0 Å². The maximum Gasteiger partial charge on any atom is 0.340 e. The molecular formula is C26H27N5O3S. The number of ether oxygens (including phenoxy) is 1. The van der Waals surface area contributed by atoms with Crippen molar-refractivity contribution in [3.8, 4) is 17.1 Å². The summed E-state index contributed by atoms with van der Waals surface area (Å²) in [6, 6.07) is 11.7. The maximum absolute atomic E-state index is 13.4. The van der Waals surface area contributed by atoms with Gasteiger partial charge in [-0.25, -0.2) is 4.79 Å². The minimum Gasteiger partial charge on any atom is -0.462 e. The second-order valence-corrected chi connectivity index (χ2v) is 9.45. The smallest absolute Gasteiger partial charge is 0.340 e. The van der Waals surface area contributed by atoms with Crippen molar-refractivity contribution in [3.05, 3.63) is 76.9 Å². The average molecular weight is 490 g/mol. The van der Waals surface area contributed by atoms with Crippen LogP contribution in [0.1, 0.15) is 51.5 Å². The molecular weight excluding hydrogens is 462 g/mol. The van der Waals surface area contributed by atoms with Gasteiger partial charge in [-0.1, -0.05) is 30.0 Å². The number of Topliss-reactive ketones (excluding diaryl/α,β-unsaturated/α-hetero) is 1. The van der Waals surface area contributed by atoms with Crippen LogP contribution in [0.15, 0.2) is 53.9 Å². The Hall–Kier alpha value is -3.72. The van der Waals surface area contributed by atoms with Crippen LogP contribution >= 0.6 is 11.8 Å². The van der Waals surface area contributed by atoms with Gasteiger partial charge in [0.05, 0.1) is 28.8 Å². The van der Waals surface area contributed by atoms with Crippen LogP contribution in [-0.4, -0.2) is 48.3 Å². The highest BCUT2D eigenvalue weighted by atomic mass is 32.2. The molecule has 4 aromatic rings. The fourth-order valence-electron chi connectivity index (χ4n) is 3.98. The lowest BCUT2D eigenvalue weighted by Crippen LogP contribution is -2.16. The highest BCUT2D eigenvalue weighted by Crippen LogP contribution is 2.33. The molecule has 0 fully saturated rings. The van der Waals surface area contributed by atoms with Crippen LogP contribution in [0.4, 0.5) is 0 Å². The van der Waals surface area contributed by atoms with E-state index < -0.39 is 11.2 Å². The van der Waals surface area contributed by atoms with Crippen LogP contribution in [0, 0.1) is 20.8 Å². The minimum absolute atomic E-state index is 0.131. The van der Waals surface area contributed by atoms with Gasteiger partial charge in [0.1, 0.15) is 0 Å². The second-order valence-electron chi connectivity index (χ2n) is 8.14. The number of carbonyl (C=O) groups is 2. The van der Waals surface area contributed by atoms with Crippen molar-refractivity contribution in [2.75, 3.05) is 6.61 Å². The van der Waals surface area contributed by atoms with E-state index in [-0.39, 0.29) is 12.4 Å². The Morgan fingerprint density at radius 3 is 2.57 bits per heavy atom. The number of esters is 1. The first-order chi connectivity index (χ1) is 16.8. The quantitative estimate of drug-likeness (QED) is 0.208. The molecule has 0 saturated carbocycles. The fraction of sp³-hybridized carbons (Fsp3) is 0.269. The number of aryl methyl sites for hydroxylation is 2. The molecule has 0 saturated heterocycles. The topological polar surface area (TPSA) is 103 Å². The molecule has 0 aliphatic heterocycles. The predicted octanol–water partition coefficient (Wildman–Crippen LogP) is 5.12. The van der Waals surface area contributed by atoms with E-state index in [0.717, 1.165) is 16.8 Å². The number of aromatic amines is 1. The summed E-state index contributed by atoms with van der Waals surface area (Å²) >= 11 is 1.32. The molecule has 3 aromatic heterocycles. The highest BCUT2D eigenvalue weighted by Gasteiger charge is 2.28. The fourth-order valence-corrected chi connectivity index (χ4v) is 4.90. The second kappa shape index (κ2) is 10.3. The Balaban J connectivity index is 1.70. The summed E-state index contributed by atoms with van der Waals surface area (Å²) in [6.45, 7) is 9.40. The summed E-state index contributed by atoms with van der Waals surface area (Å²) in [6.07, 6.45) is 3.45. The predicted molar refractivity (Wildman–Crippen MR) is 135 cm³/mol. The largest absolute Gasteiger partial charge is 0.462 e. The molecule has 0 amide bonds. The van der Waals surface area contributed by atoms with Crippen LogP contribution in [-0.2, 0) is 4.74 Å². The van der Waals surface area contributed by atoms with Gasteiger partial charge in [-0.15, -0.1) is 10.2 Å². The van der Waals surface area contributed by atoms with E-state index in [0.29, 0.717) is 33.5 Å². The summed E-state index contributed by atoms with van der Waals surface area (Å²) in [7, 11) is 0. The van der Waals surface area contributed by atoms with E-state index in [1.54, 1.807) is 33.2 Å². The van der Waals surface area contributed by atoms with Gasteiger partial charge in [0, 0.05) is 23.7 Å². The summed E-state index contributed by atoms with van der Waals surface area (Å²) in [5, 5.41) is 8.97. The Kier molecular flexibility index (Phi) is 7.16. The number of H-pyrrole nitrogens is 1. The zero-order chi connectivity index (χ0) is 25.1. The highest BCUT2D eigenvalue weighted by molar-refractivity contribution is 8.00. The van der Waals surface area contributed by atoms with Crippen molar-refractivity contribution in [2.24, 2.45) is 0 Å². The van der Waals surface area contributed by atoms with Gasteiger partial charge in [-0.2, -0.15) is 0 Å². The Labute approximate surface area is 208 Å². The summed E-state index contributed by atoms with van der Waals surface area (Å²) < 4.78 is 7.11. The molecule has 0 radical (unpaired) electrons. The molecule has 1 N–H and O–H groups in total. The number of hydrogen-bond donors (Lipinski definition) is 1. The molecule has 9 heteroatoms. The van der Waals surface area contributed by atoms with Crippen molar-refractivity contribution < 1.29 is 14.3 Å². The molecule has 3 heterocycles. The lowest BCUT2D eigenvalue weighted by molar-refractivity contribution is 0.0525. The summed E-state index contributed by atoms with van der Waals surface area (Å²) in [5.41, 5.74) is 4.82. The number of nitrogens with zero attached hydrogens (tertiary/aromatic N) is 4. The maximum atomic E-state index is 13.4. The van der Waals surface area contributed by atoms with Gasteiger partial charge in [-0.05, 0) is 63.9 Å². The van der Waals surface area contributed by atoms with Crippen molar-refractivity contribution >= 4 is 23.5 Å². The number of aromatic nitrogens is 5. The normalized spacial score (nSPS) is 11.9. The van der Waals surface area contributed by atoms with E-state index >= 15 is 0 Å². The van der Waals surface area contributed by atoms with Gasteiger partial charge < -0.3 is 9.72 Å². The zero-order valence-electron chi connectivity index (χ0n) is 20.3. The van der Waals surface area contributed by atoms with E-state index in [2.05, 4.69) is 20.2 Å². The van der Waals surface area contributed by atoms with Crippen molar-refractivity contribution in [1.82, 2.24) is 24.7 Å². The third kappa shape index (κ3) is 4.77. The van der Waals surface area contributed by atoms with Crippen molar-refractivity contribution in [2.45, 2.75) is 45.0 Å². The average Bonchev–Trinajstić information content (AvgIpc) is 3.39. The number of nitrogens with one attached hydrogen (secondary N) is 1. The Morgan fingerprint density at radius 1 is 1.11 bits per heavy atom. The van der Waals surface area contributed by atoms with Gasteiger partial charge in [0.15, 0.2) is 16.8 Å². The molecule has 8 nitrogen and oxygen atoms in total. The first kappa shape index (κ1) is 24.4. The van der Waals surface area contributed by atoms with Crippen LogP contribution in [0.3, 0.4) is 0 Å². The molecule has 4 rings (SSSR count). The SMILES string of the molecule is CCOC(=O)c1c(C)[nH]c(C(=O)[C@@H](C)Sc2nnc(-c3cccnc3)n2-c2ccccc2C)c1C. The third-order valence-corrected chi connectivity index (χ3v) is 6.77. The number of rotatable bonds is 8. The third-order valence-electron chi connectivity index (χ3n) is 5.72. The van der Waals surface area contributed by atoms with E-state index in [4.69, 9.17) is 4.74 Å². The van der Waals surface area contributed by atoms with E-state index in [1.807, 2.05) is 54.8 Å². The standard InChI is InChI=1S/C26H27N5O3S/c1-6-34-25(33)21-16(3)22(28-17(21)4)23(32)18(5)35-26-30-29-24(19-11-9-13-27-14-19)31(26)20-12-8-7-10-15(20)2/h7-14,18,28H,6H2,1-5H3/t18-/m1/s1. The lowest BCUT2D eigenvalue weighted by atomic mass is 10.1. The number of hydrogen-bond acceptors (Lipinski definition) is 7. The van der Waals surface area contributed by atoms with Gasteiger partial charge >= 0.3 is 5.97 Å². The van der Waals surface area contributed by atoms with E-state index in [1.165, 1.54) is 11.8 Å². The number of ketones is 1. The molecule has 0 spiro atoms. The first-order valence-corrected chi connectivity index (χ1v) is 12.2. The van der Waals surface area contributed by atoms with E-state index in [9.17, 15) is 9.59 Å². The van der Waals surface area contributed by atoms with Crippen molar-refractivity contribution in [1.29, 1.82) is 0 Å². The van der Waals surface area contributed by atoms with Crippen LogP contribution in [0.25, 0.3) is 17.1 Å². The Bertz CT molecular complexity index is 1380. The Morgan fingerprint density at radius 2 is 1.89 bits per heavy atom. The van der Waals surface area contributed by atoms with Crippen molar-refractivity contribution in [3.63, 3.8) is 0 Å². The van der Waals surface area contributed by atoms with Gasteiger partial charge in [0.25, 0.3) is 0 Å². The van der Waals surface area contributed by atoms with Crippen LogP contribution < -0.4 is 0 Å². The molecule has 0 aliphatic carbocycles. The zero-order valence-corrected chi connectivity index (χ0v) is 21.1. The molecule has 0 bridgehead atoms.